The van der Waals surface area contributed by atoms with E-state index in [0.717, 1.165) is 53.9 Å². The number of benzene rings is 2. The molecule has 2 amide bonds. The summed E-state index contributed by atoms with van der Waals surface area (Å²) in [4.78, 5) is 25.2. The summed E-state index contributed by atoms with van der Waals surface area (Å²) in [5.74, 6) is -0.794. The van der Waals surface area contributed by atoms with Crippen molar-refractivity contribution >= 4 is 35.8 Å². The number of halogens is 1. The van der Waals surface area contributed by atoms with E-state index in [-0.39, 0.29) is 24.9 Å². The van der Waals surface area contributed by atoms with E-state index in [1.165, 1.54) is 19.3 Å². The van der Waals surface area contributed by atoms with Gasteiger partial charge in [-0.3, -0.25) is 9.69 Å². The fourth-order valence-electron chi connectivity index (χ4n) is 3.70. The minimum absolute atomic E-state index is 0. The molecule has 0 unspecified atom stereocenters. The fourth-order valence-corrected chi connectivity index (χ4v) is 3.70. The summed E-state index contributed by atoms with van der Waals surface area (Å²) in [6.45, 7) is 5.82. The number of urea groups is 1. The molecule has 0 aliphatic rings. The maximum Gasteiger partial charge on any atom is 0.321 e. The van der Waals surface area contributed by atoms with E-state index in [1.54, 1.807) is 11.9 Å². The average Bonchev–Trinajstić information content (AvgIpc) is 2.83. The summed E-state index contributed by atoms with van der Waals surface area (Å²) in [7, 11) is 1.79. The third kappa shape index (κ3) is 9.64. The van der Waals surface area contributed by atoms with Crippen molar-refractivity contribution in [2.75, 3.05) is 30.4 Å². The zero-order valence-electron chi connectivity index (χ0n) is 20.7. The second kappa shape index (κ2) is 16.0. The van der Waals surface area contributed by atoms with Crippen molar-refractivity contribution in [3.05, 3.63) is 48.0 Å². The molecule has 0 radical (unpaired) electrons. The smallest absolute Gasteiger partial charge is 0.321 e. The Bertz CT molecular complexity index is 904. The van der Waals surface area contributed by atoms with Crippen molar-refractivity contribution in [3.8, 4) is 11.1 Å². The highest BCUT2D eigenvalue weighted by Crippen LogP contribution is 2.32. The number of rotatable bonds is 14. The van der Waals surface area contributed by atoms with Gasteiger partial charge >= 0.3 is 12.0 Å². The van der Waals surface area contributed by atoms with E-state index in [0.29, 0.717) is 13.0 Å². The number of carboxylic acids is 1. The maximum atomic E-state index is 12.6. The van der Waals surface area contributed by atoms with E-state index in [4.69, 9.17) is 5.11 Å². The molecule has 6 nitrogen and oxygen atoms in total. The number of anilines is 2. The van der Waals surface area contributed by atoms with E-state index in [1.807, 2.05) is 42.5 Å². The molecule has 2 aromatic carbocycles. The number of carboxylic acid groups (broad SMARTS) is 1. The Hall–Kier alpha value is -2.73. The van der Waals surface area contributed by atoms with Crippen molar-refractivity contribution in [2.24, 2.45) is 0 Å². The summed E-state index contributed by atoms with van der Waals surface area (Å²) >= 11 is 0. The molecule has 3 N–H and O–H groups in total. The Labute approximate surface area is 210 Å². The van der Waals surface area contributed by atoms with Gasteiger partial charge in [0.2, 0.25) is 0 Å². The minimum Gasteiger partial charge on any atom is -0.481 e. The molecule has 188 valence electrons. The Morgan fingerprint density at radius 2 is 1.71 bits per heavy atom. The number of amides is 2. The summed E-state index contributed by atoms with van der Waals surface area (Å²) in [6.07, 6.45) is 7.42. The van der Waals surface area contributed by atoms with Crippen LogP contribution < -0.4 is 15.5 Å². The summed E-state index contributed by atoms with van der Waals surface area (Å²) < 4.78 is 0. The van der Waals surface area contributed by atoms with Crippen molar-refractivity contribution in [3.63, 3.8) is 0 Å². The number of nitrogens with zero attached hydrogens (tertiary/aromatic N) is 1. The van der Waals surface area contributed by atoms with Crippen LogP contribution in [0.25, 0.3) is 11.1 Å². The minimum atomic E-state index is -0.794. The predicted molar refractivity (Wildman–Crippen MR) is 144 cm³/mol. The van der Waals surface area contributed by atoms with Crippen LogP contribution in [0.1, 0.15) is 64.4 Å². The van der Waals surface area contributed by atoms with E-state index in [9.17, 15) is 9.59 Å². The number of nitrogens with one attached hydrogen (secondary N) is 2. The van der Waals surface area contributed by atoms with Crippen LogP contribution in [0, 0.1) is 0 Å². The number of unbranched alkanes of at least 4 members (excludes halogenated alkanes) is 4. The molecule has 0 saturated carbocycles. The number of aryl methyl sites for hydroxylation is 1. The van der Waals surface area contributed by atoms with Crippen LogP contribution in [0.3, 0.4) is 0 Å². The molecule has 2 aromatic rings. The zero-order valence-corrected chi connectivity index (χ0v) is 21.5. The van der Waals surface area contributed by atoms with Crippen LogP contribution in [0.15, 0.2) is 42.5 Å². The van der Waals surface area contributed by atoms with Gasteiger partial charge in [-0.1, -0.05) is 63.8 Å². The first-order valence-corrected chi connectivity index (χ1v) is 12.2. The molecule has 0 heterocycles. The van der Waals surface area contributed by atoms with Gasteiger partial charge in [-0.15, -0.1) is 12.4 Å². The van der Waals surface area contributed by atoms with Crippen molar-refractivity contribution in [2.45, 2.75) is 65.2 Å². The normalized spacial score (nSPS) is 10.3. The SMILES string of the molecule is CCCCCCCNC(=O)N(C)c1cccc(-c2ccc(CCC(=O)O)cc2NCCC)c1.Cl. The molecule has 0 fully saturated rings. The molecule has 0 bridgehead atoms. The number of carbonyl (C=O) groups is 2. The highest BCUT2D eigenvalue weighted by molar-refractivity contribution is 5.92. The molecule has 0 spiro atoms. The van der Waals surface area contributed by atoms with E-state index < -0.39 is 5.97 Å². The van der Waals surface area contributed by atoms with Crippen LogP contribution in [0.2, 0.25) is 0 Å². The molecular formula is C27H40ClN3O3. The van der Waals surface area contributed by atoms with Crippen LogP contribution in [-0.2, 0) is 11.2 Å². The average molecular weight is 490 g/mol. The lowest BCUT2D eigenvalue weighted by Gasteiger charge is -2.20. The van der Waals surface area contributed by atoms with Gasteiger partial charge in [0.05, 0.1) is 0 Å². The topological polar surface area (TPSA) is 81.7 Å². The van der Waals surface area contributed by atoms with Crippen LogP contribution in [0.4, 0.5) is 16.2 Å². The second-order valence-corrected chi connectivity index (χ2v) is 8.46. The molecule has 2 rings (SSSR count). The molecule has 0 aliphatic heterocycles. The van der Waals surface area contributed by atoms with Crippen LogP contribution in [-0.4, -0.2) is 37.2 Å². The molecule has 0 aromatic heterocycles. The summed E-state index contributed by atoms with van der Waals surface area (Å²) in [5.41, 5.74) is 4.85. The first-order valence-electron chi connectivity index (χ1n) is 12.2. The van der Waals surface area contributed by atoms with E-state index in [2.05, 4.69) is 24.5 Å². The first kappa shape index (κ1) is 29.3. The number of aliphatic carboxylic acids is 1. The van der Waals surface area contributed by atoms with Gasteiger partial charge in [-0.25, -0.2) is 4.79 Å². The zero-order chi connectivity index (χ0) is 24.1. The highest BCUT2D eigenvalue weighted by Gasteiger charge is 2.13. The number of hydrogen-bond acceptors (Lipinski definition) is 3. The largest absolute Gasteiger partial charge is 0.481 e. The molecule has 0 atom stereocenters. The van der Waals surface area contributed by atoms with Gasteiger partial charge in [0, 0.05) is 43.5 Å². The molecule has 0 saturated heterocycles. The lowest BCUT2D eigenvalue weighted by Crippen LogP contribution is -2.37. The molecule has 0 aliphatic carbocycles. The Balaban J connectivity index is 0.00000578. The summed E-state index contributed by atoms with van der Waals surface area (Å²) in [6, 6.07) is 13.9. The van der Waals surface area contributed by atoms with Crippen molar-refractivity contribution in [1.29, 1.82) is 0 Å². The quantitative estimate of drug-likeness (QED) is 0.257. The lowest BCUT2D eigenvalue weighted by atomic mass is 9.99. The van der Waals surface area contributed by atoms with Crippen LogP contribution in [0.5, 0.6) is 0 Å². The fraction of sp³-hybridized carbons (Fsp3) is 0.481. The number of hydrogen-bond donors (Lipinski definition) is 3. The highest BCUT2D eigenvalue weighted by atomic mass is 35.5. The Morgan fingerprint density at radius 3 is 2.41 bits per heavy atom. The van der Waals surface area contributed by atoms with Gasteiger partial charge in [0.1, 0.15) is 0 Å². The Kier molecular flexibility index (Phi) is 13.8. The van der Waals surface area contributed by atoms with Gasteiger partial charge in [0.25, 0.3) is 0 Å². The van der Waals surface area contributed by atoms with Gasteiger partial charge < -0.3 is 15.7 Å². The third-order valence-corrected chi connectivity index (χ3v) is 5.68. The van der Waals surface area contributed by atoms with Gasteiger partial charge in [-0.2, -0.15) is 0 Å². The lowest BCUT2D eigenvalue weighted by molar-refractivity contribution is -0.136. The maximum absolute atomic E-state index is 12.6. The van der Waals surface area contributed by atoms with Crippen molar-refractivity contribution < 1.29 is 14.7 Å². The number of carbonyl (C=O) groups excluding carboxylic acids is 1. The first-order chi connectivity index (χ1) is 16.0. The molecule has 34 heavy (non-hydrogen) atoms. The molecular weight excluding hydrogens is 450 g/mol. The van der Waals surface area contributed by atoms with Crippen LogP contribution >= 0.6 is 12.4 Å². The predicted octanol–water partition coefficient (Wildman–Crippen LogP) is 6.73. The Morgan fingerprint density at radius 1 is 0.941 bits per heavy atom. The molecule has 7 heteroatoms. The monoisotopic (exact) mass is 489 g/mol. The van der Waals surface area contributed by atoms with Crippen molar-refractivity contribution in [1.82, 2.24) is 5.32 Å². The standard InChI is InChI=1S/C27H39N3O3.ClH/c1-4-6-7-8-9-18-29-27(33)30(3)23-12-10-11-22(20-23)24-15-13-21(14-16-26(31)32)19-25(24)28-17-5-2;/h10-13,15,19-20,28H,4-9,14,16-18H2,1-3H3,(H,29,33)(H,31,32);1H. The third-order valence-electron chi connectivity index (χ3n) is 5.68. The second-order valence-electron chi connectivity index (χ2n) is 8.46. The van der Waals surface area contributed by atoms with E-state index >= 15 is 0 Å². The summed E-state index contributed by atoms with van der Waals surface area (Å²) in [5, 5.41) is 15.5. The van der Waals surface area contributed by atoms with Gasteiger partial charge in [0.15, 0.2) is 0 Å². The van der Waals surface area contributed by atoms with Gasteiger partial charge in [-0.05, 0) is 48.6 Å².